The molecule has 15 heavy (non-hydrogen) atoms. The van der Waals surface area contributed by atoms with Crippen molar-refractivity contribution in [1.29, 1.82) is 0 Å². The molecule has 0 bridgehead atoms. The molecule has 1 aromatic heterocycles. The Kier molecular flexibility index (Phi) is 1.64. The maximum Gasteiger partial charge on any atom is 0.0528 e. The lowest BCUT2D eigenvalue weighted by molar-refractivity contribution is 0.948. The van der Waals surface area contributed by atoms with E-state index in [0.29, 0.717) is 0 Å². The Balaban J connectivity index is 2.43. The van der Waals surface area contributed by atoms with Gasteiger partial charge >= 0.3 is 0 Å². The van der Waals surface area contributed by atoms with Crippen LogP contribution in [0.15, 0.2) is 18.3 Å². The van der Waals surface area contributed by atoms with E-state index < -0.39 is 0 Å². The van der Waals surface area contributed by atoms with E-state index in [9.17, 15) is 0 Å². The van der Waals surface area contributed by atoms with Crippen molar-refractivity contribution in [2.75, 3.05) is 18.5 Å². The van der Waals surface area contributed by atoms with Crippen LogP contribution in [-0.2, 0) is 13.5 Å². The fourth-order valence-corrected chi connectivity index (χ4v) is 2.88. The molecular weight excluding hydrogens is 184 g/mol. The molecule has 3 rings (SSSR count). The van der Waals surface area contributed by atoms with Gasteiger partial charge in [0.2, 0.25) is 0 Å². The number of aryl methyl sites for hydroxylation is 2. The van der Waals surface area contributed by atoms with E-state index in [2.05, 4.69) is 48.8 Å². The van der Waals surface area contributed by atoms with Gasteiger partial charge in [0.15, 0.2) is 0 Å². The summed E-state index contributed by atoms with van der Waals surface area (Å²) in [5.41, 5.74) is 5.76. The minimum Gasteiger partial charge on any atom is -0.374 e. The van der Waals surface area contributed by atoms with Gasteiger partial charge in [0.05, 0.1) is 5.52 Å². The minimum atomic E-state index is 1.16. The zero-order valence-corrected chi connectivity index (χ0v) is 9.54. The van der Waals surface area contributed by atoms with E-state index in [1.54, 1.807) is 0 Å². The van der Waals surface area contributed by atoms with E-state index in [0.717, 1.165) is 6.54 Å². The summed E-state index contributed by atoms with van der Waals surface area (Å²) in [6.07, 6.45) is 3.34. The molecular formula is C13H16N2. The number of anilines is 1. The smallest absolute Gasteiger partial charge is 0.0528 e. The molecule has 0 saturated heterocycles. The maximum absolute atomic E-state index is 2.37. The number of benzene rings is 1. The summed E-state index contributed by atoms with van der Waals surface area (Å²) in [5, 5.41) is 1.38. The fourth-order valence-electron chi connectivity index (χ4n) is 2.88. The molecule has 2 heterocycles. The van der Waals surface area contributed by atoms with Gasteiger partial charge in [-0.05, 0) is 36.6 Å². The van der Waals surface area contributed by atoms with E-state index in [1.165, 1.54) is 34.1 Å². The molecule has 0 N–H and O–H groups in total. The first-order valence-corrected chi connectivity index (χ1v) is 5.47. The van der Waals surface area contributed by atoms with Gasteiger partial charge in [-0.25, -0.2) is 0 Å². The second-order valence-corrected chi connectivity index (χ2v) is 4.55. The van der Waals surface area contributed by atoms with Gasteiger partial charge in [0, 0.05) is 37.9 Å². The third kappa shape index (κ3) is 1.05. The first-order valence-electron chi connectivity index (χ1n) is 5.47. The summed E-state index contributed by atoms with van der Waals surface area (Å²) in [4.78, 5) is 2.37. The highest BCUT2D eigenvalue weighted by Crippen LogP contribution is 2.35. The molecule has 0 fully saturated rings. The van der Waals surface area contributed by atoms with Crippen LogP contribution in [0.25, 0.3) is 10.9 Å². The number of hydrogen-bond donors (Lipinski definition) is 0. The maximum atomic E-state index is 2.37. The summed E-state index contributed by atoms with van der Waals surface area (Å²) in [6.45, 7) is 3.40. The molecule has 1 aliphatic heterocycles. The van der Waals surface area contributed by atoms with Crippen molar-refractivity contribution in [3.63, 3.8) is 0 Å². The number of fused-ring (bicyclic) bond motifs is 2. The summed E-state index contributed by atoms with van der Waals surface area (Å²) >= 11 is 0. The second kappa shape index (κ2) is 2.78. The van der Waals surface area contributed by atoms with Gasteiger partial charge in [-0.15, -0.1) is 0 Å². The average molecular weight is 200 g/mol. The van der Waals surface area contributed by atoms with Gasteiger partial charge in [0.25, 0.3) is 0 Å². The molecule has 2 heteroatoms. The highest BCUT2D eigenvalue weighted by atomic mass is 15.1. The predicted molar refractivity (Wildman–Crippen MR) is 64.6 cm³/mol. The lowest BCUT2D eigenvalue weighted by Gasteiger charge is -2.16. The predicted octanol–water partition coefficient (Wildman–Crippen LogP) is 2.48. The number of aromatic nitrogens is 1. The Morgan fingerprint density at radius 3 is 2.87 bits per heavy atom. The van der Waals surface area contributed by atoms with Crippen LogP contribution >= 0.6 is 0 Å². The van der Waals surface area contributed by atoms with Gasteiger partial charge in [-0.1, -0.05) is 0 Å². The van der Waals surface area contributed by atoms with Crippen molar-refractivity contribution in [2.45, 2.75) is 13.3 Å². The first-order chi connectivity index (χ1) is 7.18. The molecule has 0 aliphatic carbocycles. The molecule has 2 nitrogen and oxygen atoms in total. The van der Waals surface area contributed by atoms with Crippen LogP contribution in [0.4, 0.5) is 5.69 Å². The monoisotopic (exact) mass is 200 g/mol. The van der Waals surface area contributed by atoms with E-state index in [-0.39, 0.29) is 0 Å². The highest BCUT2D eigenvalue weighted by molar-refractivity contribution is 5.90. The Labute approximate surface area is 90.1 Å². The Hall–Kier alpha value is -1.44. The summed E-state index contributed by atoms with van der Waals surface area (Å²) in [6, 6.07) is 4.56. The van der Waals surface area contributed by atoms with Crippen LogP contribution in [0, 0.1) is 6.92 Å². The normalized spacial score (nSPS) is 15.0. The third-order valence-corrected chi connectivity index (χ3v) is 3.55. The minimum absolute atomic E-state index is 1.16. The Bertz CT molecular complexity index is 537. The Morgan fingerprint density at radius 2 is 2.07 bits per heavy atom. The number of rotatable bonds is 0. The van der Waals surface area contributed by atoms with Crippen LogP contribution in [0.2, 0.25) is 0 Å². The highest BCUT2D eigenvalue weighted by Gasteiger charge is 2.20. The molecule has 78 valence electrons. The van der Waals surface area contributed by atoms with Crippen molar-refractivity contribution in [3.05, 3.63) is 29.5 Å². The van der Waals surface area contributed by atoms with Gasteiger partial charge in [-0.3, -0.25) is 0 Å². The molecule has 0 amide bonds. The number of nitrogens with zero attached hydrogens (tertiary/aromatic N) is 2. The first kappa shape index (κ1) is 8.84. The van der Waals surface area contributed by atoms with Gasteiger partial charge in [0.1, 0.15) is 0 Å². The van der Waals surface area contributed by atoms with Gasteiger partial charge < -0.3 is 9.47 Å². The van der Waals surface area contributed by atoms with Crippen LogP contribution in [0.5, 0.6) is 0 Å². The zero-order valence-electron chi connectivity index (χ0n) is 9.54. The van der Waals surface area contributed by atoms with E-state index in [4.69, 9.17) is 0 Å². The summed E-state index contributed by atoms with van der Waals surface area (Å²) in [7, 11) is 4.31. The van der Waals surface area contributed by atoms with Crippen LogP contribution in [0.3, 0.4) is 0 Å². The topological polar surface area (TPSA) is 8.17 Å². The molecule has 1 aromatic carbocycles. The molecule has 0 radical (unpaired) electrons. The molecule has 0 atom stereocenters. The number of likely N-dealkylation sites (N-methyl/N-ethyl adjacent to an activating group) is 1. The van der Waals surface area contributed by atoms with Crippen molar-refractivity contribution in [2.24, 2.45) is 7.05 Å². The standard InChI is InChI=1S/C13H16N2/c1-9-12-10(4-6-14(12)2)8-11-5-7-15(3)13(9)11/h4,6,8H,5,7H2,1-3H3. The van der Waals surface area contributed by atoms with Crippen LogP contribution in [0.1, 0.15) is 11.1 Å². The molecule has 0 spiro atoms. The third-order valence-electron chi connectivity index (χ3n) is 3.55. The molecule has 0 unspecified atom stereocenters. The van der Waals surface area contributed by atoms with Crippen LogP contribution < -0.4 is 4.90 Å². The van der Waals surface area contributed by atoms with Crippen molar-refractivity contribution < 1.29 is 0 Å². The quantitative estimate of drug-likeness (QED) is 0.634. The SMILES string of the molecule is Cc1c2c(cc3ccn(C)c13)CCN2C. The fraction of sp³-hybridized carbons (Fsp3) is 0.385. The van der Waals surface area contributed by atoms with Crippen molar-refractivity contribution in [3.8, 4) is 0 Å². The van der Waals surface area contributed by atoms with E-state index >= 15 is 0 Å². The van der Waals surface area contributed by atoms with Crippen molar-refractivity contribution >= 4 is 16.6 Å². The lowest BCUT2D eigenvalue weighted by atomic mass is 10.0. The summed E-state index contributed by atoms with van der Waals surface area (Å²) in [5.74, 6) is 0. The molecule has 0 saturated carbocycles. The van der Waals surface area contributed by atoms with Crippen LogP contribution in [-0.4, -0.2) is 18.2 Å². The lowest BCUT2D eigenvalue weighted by Crippen LogP contribution is -2.13. The average Bonchev–Trinajstić information content (AvgIpc) is 2.73. The second-order valence-electron chi connectivity index (χ2n) is 4.55. The van der Waals surface area contributed by atoms with Gasteiger partial charge in [-0.2, -0.15) is 0 Å². The summed E-state index contributed by atoms with van der Waals surface area (Å²) < 4.78 is 2.22. The molecule has 2 aromatic rings. The number of hydrogen-bond acceptors (Lipinski definition) is 1. The van der Waals surface area contributed by atoms with Crippen molar-refractivity contribution in [1.82, 2.24) is 4.57 Å². The largest absolute Gasteiger partial charge is 0.374 e. The molecule has 1 aliphatic rings. The van der Waals surface area contributed by atoms with E-state index in [1.807, 2.05) is 0 Å². The zero-order chi connectivity index (χ0) is 10.6. The Morgan fingerprint density at radius 1 is 1.27 bits per heavy atom.